The number of hydrogen-bond acceptors (Lipinski definition) is 4. The number of amides is 1. The largest absolute Gasteiger partial charge is 0.350 e. The predicted molar refractivity (Wildman–Crippen MR) is 99.7 cm³/mol. The van der Waals surface area contributed by atoms with E-state index in [9.17, 15) is 4.79 Å². The number of rotatable bonds is 5. The Labute approximate surface area is 149 Å². The van der Waals surface area contributed by atoms with Crippen LogP contribution in [0.5, 0.6) is 0 Å². The average molecular weight is 338 g/mol. The summed E-state index contributed by atoms with van der Waals surface area (Å²) in [6, 6.07) is 10.4. The maximum atomic E-state index is 12.7. The van der Waals surface area contributed by atoms with E-state index in [0.717, 1.165) is 37.3 Å². The van der Waals surface area contributed by atoms with Crippen LogP contribution in [0.4, 0.5) is 5.82 Å². The van der Waals surface area contributed by atoms with Crippen LogP contribution in [0.25, 0.3) is 0 Å². The van der Waals surface area contributed by atoms with Gasteiger partial charge in [-0.15, -0.1) is 5.10 Å². The van der Waals surface area contributed by atoms with Crippen molar-refractivity contribution >= 4 is 11.7 Å². The van der Waals surface area contributed by atoms with Gasteiger partial charge in [-0.05, 0) is 55.5 Å². The van der Waals surface area contributed by atoms with Crippen molar-refractivity contribution in [2.24, 2.45) is 0 Å². The van der Waals surface area contributed by atoms with Crippen molar-refractivity contribution in [2.75, 3.05) is 25.0 Å². The van der Waals surface area contributed by atoms with Crippen molar-refractivity contribution in [1.82, 2.24) is 15.1 Å². The smallest absolute Gasteiger partial charge is 0.226 e. The molecule has 1 aromatic heterocycles. The second kappa shape index (κ2) is 7.64. The summed E-state index contributed by atoms with van der Waals surface area (Å²) in [4.78, 5) is 16.9. The summed E-state index contributed by atoms with van der Waals surface area (Å²) >= 11 is 0. The first-order valence-corrected chi connectivity index (χ1v) is 8.89. The molecule has 1 aliphatic heterocycles. The van der Waals surface area contributed by atoms with Gasteiger partial charge in [0.1, 0.15) is 0 Å². The molecule has 0 radical (unpaired) electrons. The predicted octanol–water partition coefficient (Wildman–Crippen LogP) is 2.76. The van der Waals surface area contributed by atoms with Gasteiger partial charge in [-0.1, -0.05) is 18.2 Å². The highest BCUT2D eigenvalue weighted by Gasteiger charge is 2.28. The molecule has 1 unspecified atom stereocenters. The third kappa shape index (κ3) is 3.98. The Morgan fingerprint density at radius 3 is 2.68 bits per heavy atom. The second-order valence-corrected chi connectivity index (χ2v) is 6.89. The number of aryl methyl sites for hydroxylation is 2. The maximum Gasteiger partial charge on any atom is 0.226 e. The van der Waals surface area contributed by atoms with Crippen molar-refractivity contribution in [2.45, 2.75) is 39.2 Å². The molecule has 1 fully saturated rings. The van der Waals surface area contributed by atoms with Crippen LogP contribution < -0.4 is 4.90 Å². The molecule has 132 valence electrons. The lowest BCUT2D eigenvalue weighted by Crippen LogP contribution is -2.42. The minimum atomic E-state index is 0.170. The molecule has 0 N–H and O–H groups in total. The standard InChI is InChI=1S/C20H26N4O/c1-15-7-4-8-16(2)18(15)13-20(25)23(3)14-17-9-6-12-24(17)19-10-5-11-21-22-19/h4-5,7-8,10-11,17H,6,9,12-14H2,1-3H3. The van der Waals surface area contributed by atoms with Gasteiger partial charge in [-0.3, -0.25) is 4.79 Å². The Morgan fingerprint density at radius 1 is 1.24 bits per heavy atom. The molecule has 0 aliphatic carbocycles. The average Bonchev–Trinajstić information content (AvgIpc) is 3.07. The van der Waals surface area contributed by atoms with Crippen LogP contribution in [0.15, 0.2) is 36.5 Å². The molecule has 25 heavy (non-hydrogen) atoms. The first-order valence-electron chi connectivity index (χ1n) is 8.89. The van der Waals surface area contributed by atoms with Gasteiger partial charge in [0.05, 0.1) is 6.42 Å². The van der Waals surface area contributed by atoms with Crippen LogP contribution in [0.2, 0.25) is 0 Å². The number of benzene rings is 1. The minimum absolute atomic E-state index is 0.170. The number of carbonyl (C=O) groups excluding carboxylic acids is 1. The van der Waals surface area contributed by atoms with Crippen LogP contribution in [0, 0.1) is 13.8 Å². The van der Waals surface area contributed by atoms with E-state index in [1.807, 2.05) is 30.1 Å². The Kier molecular flexibility index (Phi) is 5.31. The summed E-state index contributed by atoms with van der Waals surface area (Å²) in [7, 11) is 1.91. The van der Waals surface area contributed by atoms with E-state index in [0.29, 0.717) is 12.5 Å². The number of carbonyl (C=O) groups is 1. The zero-order valence-corrected chi connectivity index (χ0v) is 15.3. The van der Waals surface area contributed by atoms with Crippen LogP contribution in [-0.4, -0.2) is 47.2 Å². The molecule has 1 aliphatic rings. The number of nitrogens with zero attached hydrogens (tertiary/aromatic N) is 4. The molecule has 1 aromatic carbocycles. The summed E-state index contributed by atoms with van der Waals surface area (Å²) in [6.45, 7) is 5.84. The molecular formula is C20H26N4O. The van der Waals surface area contributed by atoms with Crippen LogP contribution in [0.3, 0.4) is 0 Å². The van der Waals surface area contributed by atoms with E-state index < -0.39 is 0 Å². The molecule has 5 heteroatoms. The number of anilines is 1. The van der Waals surface area contributed by atoms with E-state index in [-0.39, 0.29) is 5.91 Å². The lowest BCUT2D eigenvalue weighted by Gasteiger charge is -2.29. The maximum absolute atomic E-state index is 12.7. The Morgan fingerprint density at radius 2 is 2.00 bits per heavy atom. The van der Waals surface area contributed by atoms with Crippen LogP contribution >= 0.6 is 0 Å². The quantitative estimate of drug-likeness (QED) is 0.841. The van der Waals surface area contributed by atoms with E-state index >= 15 is 0 Å². The molecule has 0 bridgehead atoms. The van der Waals surface area contributed by atoms with E-state index in [2.05, 4.69) is 41.1 Å². The van der Waals surface area contributed by atoms with Crippen molar-refractivity contribution in [3.8, 4) is 0 Å². The Bertz CT molecular complexity index is 711. The molecule has 2 aromatic rings. The number of aromatic nitrogens is 2. The van der Waals surface area contributed by atoms with Crippen molar-refractivity contribution < 1.29 is 4.79 Å². The van der Waals surface area contributed by atoms with Crippen LogP contribution in [0.1, 0.15) is 29.5 Å². The molecule has 0 spiro atoms. The summed E-state index contributed by atoms with van der Waals surface area (Å²) in [5, 5.41) is 8.21. The minimum Gasteiger partial charge on any atom is -0.350 e. The lowest BCUT2D eigenvalue weighted by atomic mass is 9.99. The monoisotopic (exact) mass is 338 g/mol. The highest BCUT2D eigenvalue weighted by Crippen LogP contribution is 2.24. The van der Waals surface area contributed by atoms with Gasteiger partial charge in [-0.2, -0.15) is 5.10 Å². The van der Waals surface area contributed by atoms with Crippen molar-refractivity contribution in [3.63, 3.8) is 0 Å². The molecular weight excluding hydrogens is 312 g/mol. The fraction of sp³-hybridized carbons (Fsp3) is 0.450. The molecule has 1 atom stereocenters. The molecule has 2 heterocycles. The third-order valence-corrected chi connectivity index (χ3v) is 5.11. The van der Waals surface area contributed by atoms with Crippen molar-refractivity contribution in [3.05, 3.63) is 53.2 Å². The van der Waals surface area contributed by atoms with Gasteiger partial charge in [0, 0.05) is 32.4 Å². The van der Waals surface area contributed by atoms with Gasteiger partial charge >= 0.3 is 0 Å². The van der Waals surface area contributed by atoms with Crippen LogP contribution in [-0.2, 0) is 11.2 Å². The summed E-state index contributed by atoms with van der Waals surface area (Å²) in [6.07, 6.45) is 4.36. The zero-order valence-electron chi connectivity index (χ0n) is 15.3. The third-order valence-electron chi connectivity index (χ3n) is 5.11. The van der Waals surface area contributed by atoms with Gasteiger partial charge in [-0.25, -0.2) is 0 Å². The zero-order chi connectivity index (χ0) is 17.8. The molecule has 3 rings (SSSR count). The fourth-order valence-electron chi connectivity index (χ4n) is 3.61. The summed E-state index contributed by atoms with van der Waals surface area (Å²) in [5.41, 5.74) is 3.52. The fourth-order valence-corrected chi connectivity index (χ4v) is 3.61. The first-order chi connectivity index (χ1) is 12.1. The molecule has 5 nitrogen and oxygen atoms in total. The number of likely N-dealkylation sites (N-methyl/N-ethyl adjacent to an activating group) is 1. The summed E-state index contributed by atoms with van der Waals surface area (Å²) in [5.74, 6) is 1.07. The summed E-state index contributed by atoms with van der Waals surface area (Å²) < 4.78 is 0. The van der Waals surface area contributed by atoms with Gasteiger partial charge in [0.25, 0.3) is 0 Å². The van der Waals surface area contributed by atoms with E-state index in [1.54, 1.807) is 6.20 Å². The van der Waals surface area contributed by atoms with Gasteiger partial charge < -0.3 is 9.80 Å². The topological polar surface area (TPSA) is 49.3 Å². The Balaban J connectivity index is 1.65. The number of hydrogen-bond donors (Lipinski definition) is 0. The molecule has 0 saturated carbocycles. The second-order valence-electron chi connectivity index (χ2n) is 6.89. The first kappa shape index (κ1) is 17.4. The Hall–Kier alpha value is -2.43. The molecule has 1 amide bonds. The van der Waals surface area contributed by atoms with Gasteiger partial charge in [0.15, 0.2) is 5.82 Å². The molecule has 1 saturated heterocycles. The van der Waals surface area contributed by atoms with Crippen molar-refractivity contribution in [1.29, 1.82) is 0 Å². The SMILES string of the molecule is Cc1cccc(C)c1CC(=O)N(C)CC1CCCN1c1cccnn1. The van der Waals surface area contributed by atoms with E-state index in [4.69, 9.17) is 0 Å². The highest BCUT2D eigenvalue weighted by atomic mass is 16.2. The highest BCUT2D eigenvalue weighted by molar-refractivity contribution is 5.79. The normalized spacial score (nSPS) is 16.9. The lowest BCUT2D eigenvalue weighted by molar-refractivity contribution is -0.129. The van der Waals surface area contributed by atoms with Gasteiger partial charge in [0.2, 0.25) is 5.91 Å². The van der Waals surface area contributed by atoms with E-state index in [1.165, 1.54) is 11.1 Å².